The van der Waals surface area contributed by atoms with Gasteiger partial charge in [0.05, 0.1) is 0 Å². The molecule has 0 fully saturated rings. The Bertz CT molecular complexity index is 358. The van der Waals surface area contributed by atoms with Gasteiger partial charge in [0.25, 0.3) is 0 Å². The molecule has 0 radical (unpaired) electrons. The van der Waals surface area contributed by atoms with E-state index in [-0.39, 0.29) is 0 Å². The summed E-state index contributed by atoms with van der Waals surface area (Å²) in [6, 6.07) is 7.11. The summed E-state index contributed by atoms with van der Waals surface area (Å²) in [6.07, 6.45) is 3.82. The molecule has 0 saturated heterocycles. The van der Waals surface area contributed by atoms with Gasteiger partial charge in [-0.05, 0) is 44.4 Å². The number of unbranched alkanes of at least 4 members (excludes halogenated alkanes) is 2. The van der Waals surface area contributed by atoms with Crippen LogP contribution in [0, 0.1) is 6.92 Å². The molecule has 0 atom stereocenters. The third kappa shape index (κ3) is 4.02. The van der Waals surface area contributed by atoms with Crippen LogP contribution in [-0.2, 0) is 6.54 Å². The lowest BCUT2D eigenvalue weighted by molar-refractivity contribution is 0.623. The summed E-state index contributed by atoms with van der Waals surface area (Å²) in [7, 11) is 0. The molecule has 0 bridgehead atoms. The summed E-state index contributed by atoms with van der Waals surface area (Å²) in [6.45, 7) is 10.7. The Balaban J connectivity index is 2.93. The average molecular weight is 248 g/mol. The Hall–Kier alpha value is -1.02. The molecule has 2 heteroatoms. The molecule has 0 saturated carbocycles. The molecule has 1 aromatic carbocycles. The molecule has 0 aliphatic heterocycles. The molecule has 0 amide bonds. The van der Waals surface area contributed by atoms with Gasteiger partial charge in [0.1, 0.15) is 0 Å². The SMILES string of the molecule is CCCCCN(c1cc(C)ccc1CN)C(C)C. The first-order valence-electron chi connectivity index (χ1n) is 7.16. The highest BCUT2D eigenvalue weighted by atomic mass is 15.2. The van der Waals surface area contributed by atoms with Crippen LogP contribution in [0.3, 0.4) is 0 Å². The van der Waals surface area contributed by atoms with E-state index in [9.17, 15) is 0 Å². The Labute approximate surface area is 112 Å². The number of nitrogens with two attached hydrogens (primary N) is 1. The summed E-state index contributed by atoms with van der Waals surface area (Å²) in [5, 5.41) is 0. The van der Waals surface area contributed by atoms with Crippen molar-refractivity contribution in [3.05, 3.63) is 29.3 Å². The maximum Gasteiger partial charge on any atom is 0.0416 e. The van der Waals surface area contributed by atoms with Gasteiger partial charge in [-0.25, -0.2) is 0 Å². The third-order valence-corrected chi connectivity index (χ3v) is 3.40. The fourth-order valence-electron chi connectivity index (χ4n) is 2.30. The van der Waals surface area contributed by atoms with E-state index in [2.05, 4.69) is 50.8 Å². The van der Waals surface area contributed by atoms with Crippen molar-refractivity contribution in [3.8, 4) is 0 Å². The number of hydrogen-bond acceptors (Lipinski definition) is 2. The zero-order chi connectivity index (χ0) is 13.5. The highest BCUT2D eigenvalue weighted by Crippen LogP contribution is 2.24. The Kier molecular flexibility index (Phi) is 6.20. The number of nitrogens with zero attached hydrogens (tertiary/aromatic N) is 1. The molecule has 0 spiro atoms. The first-order valence-corrected chi connectivity index (χ1v) is 7.16. The minimum atomic E-state index is 0.522. The van der Waals surface area contributed by atoms with Crippen LogP contribution >= 0.6 is 0 Å². The standard InChI is InChI=1S/C16H28N2/c1-5-6-7-10-18(13(2)3)16-11-14(4)8-9-15(16)12-17/h8-9,11,13H,5-7,10,12,17H2,1-4H3. The quantitative estimate of drug-likeness (QED) is 0.742. The number of rotatable bonds is 7. The summed E-state index contributed by atoms with van der Waals surface area (Å²) >= 11 is 0. The first-order chi connectivity index (χ1) is 8.60. The van der Waals surface area contributed by atoms with Crippen molar-refractivity contribution in [2.24, 2.45) is 5.73 Å². The van der Waals surface area contributed by atoms with E-state index >= 15 is 0 Å². The van der Waals surface area contributed by atoms with E-state index in [4.69, 9.17) is 5.73 Å². The van der Waals surface area contributed by atoms with Gasteiger partial charge in [-0.3, -0.25) is 0 Å². The molecular formula is C16H28N2. The molecule has 18 heavy (non-hydrogen) atoms. The third-order valence-electron chi connectivity index (χ3n) is 3.40. The molecule has 0 unspecified atom stereocenters. The van der Waals surface area contributed by atoms with Gasteiger partial charge < -0.3 is 10.6 Å². The van der Waals surface area contributed by atoms with Crippen molar-refractivity contribution >= 4 is 5.69 Å². The normalized spacial score (nSPS) is 11.0. The zero-order valence-electron chi connectivity index (χ0n) is 12.4. The van der Waals surface area contributed by atoms with Gasteiger partial charge in [0.15, 0.2) is 0 Å². The van der Waals surface area contributed by atoms with Crippen molar-refractivity contribution in [2.45, 2.75) is 59.5 Å². The molecule has 0 heterocycles. The molecular weight excluding hydrogens is 220 g/mol. The van der Waals surface area contributed by atoms with Gasteiger partial charge in [-0.2, -0.15) is 0 Å². The van der Waals surface area contributed by atoms with Crippen molar-refractivity contribution in [1.82, 2.24) is 0 Å². The fourth-order valence-corrected chi connectivity index (χ4v) is 2.30. The average Bonchev–Trinajstić information content (AvgIpc) is 2.34. The summed E-state index contributed by atoms with van der Waals surface area (Å²) in [5.74, 6) is 0. The van der Waals surface area contributed by atoms with Gasteiger partial charge in [-0.15, -0.1) is 0 Å². The van der Waals surface area contributed by atoms with Gasteiger partial charge >= 0.3 is 0 Å². The van der Waals surface area contributed by atoms with E-state index < -0.39 is 0 Å². The maximum absolute atomic E-state index is 5.87. The largest absolute Gasteiger partial charge is 0.369 e. The molecule has 2 nitrogen and oxygen atoms in total. The van der Waals surface area contributed by atoms with Gasteiger partial charge in [0.2, 0.25) is 0 Å². The Morgan fingerprint density at radius 3 is 2.50 bits per heavy atom. The van der Waals surface area contributed by atoms with E-state index in [1.54, 1.807) is 0 Å². The summed E-state index contributed by atoms with van der Waals surface area (Å²) < 4.78 is 0. The van der Waals surface area contributed by atoms with Crippen LogP contribution in [0.4, 0.5) is 5.69 Å². The first kappa shape index (κ1) is 15.0. The number of anilines is 1. The number of benzene rings is 1. The zero-order valence-corrected chi connectivity index (χ0v) is 12.4. The van der Waals surface area contributed by atoms with Crippen LogP contribution in [-0.4, -0.2) is 12.6 Å². The lowest BCUT2D eigenvalue weighted by Crippen LogP contribution is -2.33. The lowest BCUT2D eigenvalue weighted by atomic mass is 10.1. The van der Waals surface area contributed by atoms with Crippen molar-refractivity contribution < 1.29 is 0 Å². The second-order valence-electron chi connectivity index (χ2n) is 5.33. The van der Waals surface area contributed by atoms with E-state index in [1.165, 1.54) is 36.1 Å². The van der Waals surface area contributed by atoms with Crippen LogP contribution in [0.1, 0.15) is 51.2 Å². The minimum absolute atomic E-state index is 0.522. The number of hydrogen-bond donors (Lipinski definition) is 1. The second kappa shape index (κ2) is 7.42. The minimum Gasteiger partial charge on any atom is -0.369 e. The maximum atomic E-state index is 5.87. The predicted octanol–water partition coefficient (Wildman–Crippen LogP) is 3.86. The lowest BCUT2D eigenvalue weighted by Gasteiger charge is -2.31. The monoisotopic (exact) mass is 248 g/mol. The Morgan fingerprint density at radius 2 is 1.94 bits per heavy atom. The molecule has 2 N–H and O–H groups in total. The predicted molar refractivity (Wildman–Crippen MR) is 81.1 cm³/mol. The number of aryl methyl sites for hydroxylation is 1. The van der Waals surface area contributed by atoms with Gasteiger partial charge in [-0.1, -0.05) is 31.9 Å². The topological polar surface area (TPSA) is 29.3 Å². The van der Waals surface area contributed by atoms with Crippen LogP contribution < -0.4 is 10.6 Å². The van der Waals surface area contributed by atoms with E-state index in [1.807, 2.05) is 0 Å². The molecule has 102 valence electrons. The fraction of sp³-hybridized carbons (Fsp3) is 0.625. The van der Waals surface area contributed by atoms with E-state index in [0.29, 0.717) is 12.6 Å². The van der Waals surface area contributed by atoms with Crippen LogP contribution in [0.25, 0.3) is 0 Å². The smallest absolute Gasteiger partial charge is 0.0416 e. The van der Waals surface area contributed by atoms with Crippen LogP contribution in [0.2, 0.25) is 0 Å². The van der Waals surface area contributed by atoms with Crippen molar-refractivity contribution in [1.29, 1.82) is 0 Å². The summed E-state index contributed by atoms with van der Waals surface area (Å²) in [4.78, 5) is 2.49. The highest BCUT2D eigenvalue weighted by Gasteiger charge is 2.13. The molecule has 0 aliphatic rings. The molecule has 0 aliphatic carbocycles. The van der Waals surface area contributed by atoms with Gasteiger partial charge in [0, 0.05) is 24.8 Å². The molecule has 1 rings (SSSR count). The Morgan fingerprint density at radius 1 is 1.22 bits per heavy atom. The van der Waals surface area contributed by atoms with E-state index in [0.717, 1.165) is 6.54 Å². The van der Waals surface area contributed by atoms with Crippen LogP contribution in [0.15, 0.2) is 18.2 Å². The molecule has 0 aromatic heterocycles. The second-order valence-corrected chi connectivity index (χ2v) is 5.33. The molecule has 1 aromatic rings. The summed E-state index contributed by atoms with van der Waals surface area (Å²) in [5.41, 5.74) is 9.75. The van der Waals surface area contributed by atoms with Crippen molar-refractivity contribution in [2.75, 3.05) is 11.4 Å². The van der Waals surface area contributed by atoms with Crippen LogP contribution in [0.5, 0.6) is 0 Å². The van der Waals surface area contributed by atoms with Crippen molar-refractivity contribution in [3.63, 3.8) is 0 Å². The highest BCUT2D eigenvalue weighted by molar-refractivity contribution is 5.56.